The van der Waals surface area contributed by atoms with Crippen LogP contribution in [0.4, 0.5) is 0 Å². The second kappa shape index (κ2) is 10.7. The van der Waals surface area contributed by atoms with E-state index in [0.717, 1.165) is 61.3 Å². The highest BCUT2D eigenvalue weighted by molar-refractivity contribution is 6.09. The Morgan fingerprint density at radius 3 is 1.50 bits per heavy atom. The van der Waals surface area contributed by atoms with E-state index in [4.69, 9.17) is 9.97 Å². The van der Waals surface area contributed by atoms with Gasteiger partial charge in [0.15, 0.2) is 0 Å². The van der Waals surface area contributed by atoms with E-state index in [1.54, 1.807) is 0 Å². The monoisotopic (exact) mass is 588 g/mol. The predicted molar refractivity (Wildman–Crippen MR) is 190 cm³/mol. The molecule has 0 bridgehead atoms. The maximum Gasteiger partial charge on any atom is 0.235 e. The van der Waals surface area contributed by atoms with Gasteiger partial charge in [0.2, 0.25) is 5.95 Å². The number of para-hydroxylation sites is 3. The van der Waals surface area contributed by atoms with Crippen molar-refractivity contribution in [2.45, 2.75) is 0 Å². The summed E-state index contributed by atoms with van der Waals surface area (Å²) >= 11 is 0. The van der Waals surface area contributed by atoms with Crippen LogP contribution in [-0.2, 0) is 0 Å². The molecule has 0 unspecified atom stereocenters. The summed E-state index contributed by atoms with van der Waals surface area (Å²) in [6, 6.07) is 57.5. The predicted octanol–water partition coefficient (Wildman–Crippen LogP) is 10.5. The first-order chi connectivity index (χ1) is 22.8. The van der Waals surface area contributed by atoms with Crippen molar-refractivity contribution < 1.29 is 0 Å². The van der Waals surface area contributed by atoms with Crippen molar-refractivity contribution >= 4 is 32.8 Å². The highest BCUT2D eigenvalue weighted by atomic mass is 15.2. The van der Waals surface area contributed by atoms with Gasteiger partial charge >= 0.3 is 0 Å². The van der Waals surface area contributed by atoms with Crippen molar-refractivity contribution in [2.75, 3.05) is 0 Å². The van der Waals surface area contributed by atoms with Gasteiger partial charge in [-0.1, -0.05) is 115 Å². The van der Waals surface area contributed by atoms with Gasteiger partial charge in [0.05, 0.1) is 22.1 Å². The molecule has 0 aliphatic carbocycles. The maximum absolute atomic E-state index is 5.47. The number of fused-ring (bicyclic) bond motifs is 4. The molecule has 0 saturated carbocycles. The molecule has 9 rings (SSSR count). The topological polar surface area (TPSA) is 35.6 Å². The van der Waals surface area contributed by atoms with Crippen LogP contribution in [-0.4, -0.2) is 19.1 Å². The third-order valence-electron chi connectivity index (χ3n) is 8.76. The fourth-order valence-electron chi connectivity index (χ4n) is 6.64. The van der Waals surface area contributed by atoms with Crippen LogP contribution in [0, 0.1) is 0 Å². The zero-order valence-corrected chi connectivity index (χ0v) is 25.0. The lowest BCUT2D eigenvalue weighted by atomic mass is 9.94. The van der Waals surface area contributed by atoms with E-state index >= 15 is 0 Å². The molecule has 0 amide bonds. The van der Waals surface area contributed by atoms with Crippen LogP contribution in [0.1, 0.15) is 0 Å². The van der Waals surface area contributed by atoms with Crippen molar-refractivity contribution in [3.63, 3.8) is 0 Å². The second-order valence-electron chi connectivity index (χ2n) is 11.5. The summed E-state index contributed by atoms with van der Waals surface area (Å²) in [4.78, 5) is 10.7. The molecule has 4 heteroatoms. The fraction of sp³-hybridized carbons (Fsp3) is 0. The van der Waals surface area contributed by atoms with Gasteiger partial charge in [0, 0.05) is 28.2 Å². The van der Waals surface area contributed by atoms with E-state index in [0.29, 0.717) is 5.95 Å². The van der Waals surface area contributed by atoms with Crippen molar-refractivity contribution in [1.29, 1.82) is 0 Å². The molecule has 3 heterocycles. The highest BCUT2D eigenvalue weighted by Gasteiger charge is 2.20. The molecule has 9 aromatic rings. The summed E-state index contributed by atoms with van der Waals surface area (Å²) in [5.41, 5.74) is 11.6. The lowest BCUT2D eigenvalue weighted by Crippen LogP contribution is -2.05. The van der Waals surface area contributed by atoms with Crippen LogP contribution in [0.15, 0.2) is 170 Å². The summed E-state index contributed by atoms with van der Waals surface area (Å²) in [6.07, 6.45) is 2.10. The third kappa shape index (κ3) is 4.31. The summed E-state index contributed by atoms with van der Waals surface area (Å²) in [7, 11) is 0. The van der Waals surface area contributed by atoms with Gasteiger partial charge in [-0.15, -0.1) is 0 Å². The second-order valence-corrected chi connectivity index (χ2v) is 11.5. The van der Waals surface area contributed by atoms with Gasteiger partial charge in [-0.05, 0) is 70.8 Å². The van der Waals surface area contributed by atoms with Crippen LogP contribution in [0.2, 0.25) is 0 Å². The zero-order chi connectivity index (χ0) is 30.5. The Labute approximate surface area is 266 Å². The maximum atomic E-state index is 5.47. The average Bonchev–Trinajstić information content (AvgIpc) is 3.72. The number of rotatable bonds is 5. The molecular weight excluding hydrogens is 560 g/mol. The Morgan fingerprint density at radius 1 is 0.413 bits per heavy atom. The van der Waals surface area contributed by atoms with Crippen molar-refractivity contribution in [2.24, 2.45) is 0 Å². The molecule has 6 aromatic carbocycles. The molecule has 0 atom stereocenters. The molecule has 0 N–H and O–H groups in total. The summed E-state index contributed by atoms with van der Waals surface area (Å²) in [5, 5.41) is 2.37. The minimum atomic E-state index is 0.650. The van der Waals surface area contributed by atoms with E-state index in [1.807, 2.05) is 6.07 Å². The van der Waals surface area contributed by atoms with Crippen LogP contribution in [0.5, 0.6) is 0 Å². The van der Waals surface area contributed by atoms with Crippen LogP contribution in [0.25, 0.3) is 78.0 Å². The van der Waals surface area contributed by atoms with Crippen LogP contribution in [0.3, 0.4) is 0 Å². The summed E-state index contributed by atoms with van der Waals surface area (Å²) in [6.45, 7) is 0. The molecule has 0 aliphatic heterocycles. The van der Waals surface area contributed by atoms with E-state index in [-0.39, 0.29) is 0 Å². The minimum Gasteiger partial charge on any atom is -0.313 e. The standard InChI is InChI=1S/C42H28N4/c1-4-14-29(15-5-1)31-26-32(30-16-6-2-7-17-30)28-33(27-31)40-41-37(24-25-45(41)34-18-8-3-9-19-34)43-42(44-40)46-38-22-12-10-20-35(38)36-21-11-13-23-39(36)46/h1-28H. The average molecular weight is 589 g/mol. The Morgan fingerprint density at radius 2 is 0.913 bits per heavy atom. The van der Waals surface area contributed by atoms with E-state index in [2.05, 4.69) is 173 Å². The third-order valence-corrected chi connectivity index (χ3v) is 8.76. The van der Waals surface area contributed by atoms with E-state index in [1.165, 1.54) is 10.8 Å². The molecule has 0 radical (unpaired) electrons. The number of benzene rings is 6. The highest BCUT2D eigenvalue weighted by Crippen LogP contribution is 2.38. The van der Waals surface area contributed by atoms with E-state index in [9.17, 15) is 0 Å². The number of aromatic nitrogens is 4. The number of hydrogen-bond donors (Lipinski definition) is 0. The molecule has 0 saturated heterocycles. The number of nitrogens with zero attached hydrogens (tertiary/aromatic N) is 4. The fourth-order valence-corrected chi connectivity index (χ4v) is 6.64. The Kier molecular flexibility index (Phi) is 6.10. The molecule has 4 nitrogen and oxygen atoms in total. The lowest BCUT2D eigenvalue weighted by molar-refractivity contribution is 1.01. The molecule has 46 heavy (non-hydrogen) atoms. The first kappa shape index (κ1) is 26.2. The first-order valence-corrected chi connectivity index (χ1v) is 15.5. The van der Waals surface area contributed by atoms with Crippen LogP contribution < -0.4 is 0 Å². The van der Waals surface area contributed by atoms with Crippen molar-refractivity contribution in [1.82, 2.24) is 19.1 Å². The molecule has 216 valence electrons. The van der Waals surface area contributed by atoms with Crippen molar-refractivity contribution in [3.8, 4) is 45.1 Å². The zero-order valence-electron chi connectivity index (χ0n) is 25.0. The molecule has 0 spiro atoms. The Balaban J connectivity index is 1.38. The molecule has 0 fully saturated rings. The smallest absolute Gasteiger partial charge is 0.235 e. The quantitative estimate of drug-likeness (QED) is 0.200. The lowest BCUT2D eigenvalue weighted by Gasteiger charge is -2.15. The SMILES string of the molecule is c1ccc(-c2cc(-c3ccccc3)cc(-c3nc(-n4c5ccccc5c5ccccc54)nc4ccn(-c5ccccc5)c34)c2)cc1. The van der Waals surface area contributed by atoms with Crippen LogP contribution >= 0.6 is 0 Å². The molecular formula is C42H28N4. The molecule has 0 aliphatic rings. The van der Waals surface area contributed by atoms with Gasteiger partial charge in [-0.3, -0.25) is 4.57 Å². The van der Waals surface area contributed by atoms with Gasteiger partial charge in [-0.2, -0.15) is 0 Å². The largest absolute Gasteiger partial charge is 0.313 e. The Hall–Kier alpha value is -6.26. The van der Waals surface area contributed by atoms with Gasteiger partial charge < -0.3 is 4.57 Å². The first-order valence-electron chi connectivity index (χ1n) is 15.5. The normalized spacial score (nSPS) is 11.5. The van der Waals surface area contributed by atoms with E-state index < -0.39 is 0 Å². The van der Waals surface area contributed by atoms with Gasteiger partial charge in [0.25, 0.3) is 0 Å². The van der Waals surface area contributed by atoms with Crippen molar-refractivity contribution in [3.05, 3.63) is 170 Å². The van der Waals surface area contributed by atoms with Gasteiger partial charge in [-0.25, -0.2) is 9.97 Å². The van der Waals surface area contributed by atoms with Gasteiger partial charge in [0.1, 0.15) is 5.69 Å². The summed E-state index contributed by atoms with van der Waals surface area (Å²) < 4.78 is 4.41. The number of hydrogen-bond acceptors (Lipinski definition) is 2. The summed E-state index contributed by atoms with van der Waals surface area (Å²) in [5.74, 6) is 0.650. The minimum absolute atomic E-state index is 0.650. The Bertz CT molecular complexity index is 2400. The molecule has 3 aromatic heterocycles.